The summed E-state index contributed by atoms with van der Waals surface area (Å²) in [7, 11) is 0. The van der Waals surface area contributed by atoms with Crippen molar-refractivity contribution in [3.63, 3.8) is 0 Å². The van der Waals surface area contributed by atoms with Crippen LogP contribution in [0.15, 0.2) is 12.2 Å². The fraction of sp³-hybridized carbons (Fsp3) is 0.818. The molecule has 0 radical (unpaired) electrons. The van der Waals surface area contributed by atoms with Crippen LogP contribution in [0.3, 0.4) is 0 Å². The van der Waals surface area contributed by atoms with Gasteiger partial charge in [-0.3, -0.25) is 5.32 Å². The molecule has 2 aliphatic rings. The van der Waals surface area contributed by atoms with Crippen LogP contribution in [0.2, 0.25) is 0 Å². The molecule has 0 bridgehead atoms. The highest BCUT2D eigenvalue weighted by atomic mass is 15.1. The summed E-state index contributed by atoms with van der Waals surface area (Å²) < 4.78 is 0. The first kappa shape index (κ1) is 9.22. The minimum absolute atomic E-state index is 0.524. The third kappa shape index (κ3) is 3.12. The Labute approximate surface area is 80.8 Å². The van der Waals surface area contributed by atoms with Crippen LogP contribution in [-0.2, 0) is 0 Å². The van der Waals surface area contributed by atoms with E-state index in [1.165, 1.54) is 19.3 Å². The third-order valence-electron chi connectivity index (χ3n) is 2.84. The highest BCUT2D eigenvalue weighted by molar-refractivity contribution is 4.94. The van der Waals surface area contributed by atoms with Gasteiger partial charge in [0, 0.05) is 6.04 Å². The van der Waals surface area contributed by atoms with Gasteiger partial charge in [0.1, 0.15) is 0 Å². The topological polar surface area (TPSA) is 24.1 Å². The normalized spacial score (nSPS) is 37.9. The first-order chi connectivity index (χ1) is 6.34. The zero-order valence-corrected chi connectivity index (χ0v) is 8.42. The molecule has 0 amide bonds. The summed E-state index contributed by atoms with van der Waals surface area (Å²) in [6, 6.07) is 0.808. The van der Waals surface area contributed by atoms with Crippen LogP contribution in [-0.4, -0.2) is 18.8 Å². The Morgan fingerprint density at radius 3 is 2.92 bits per heavy atom. The number of rotatable bonds is 2. The molecule has 1 saturated carbocycles. The largest absolute Gasteiger partial charge is 0.302 e. The Bertz CT molecular complexity index is 185. The number of hydrogen-bond donors (Lipinski definition) is 2. The van der Waals surface area contributed by atoms with Gasteiger partial charge in [0.05, 0.1) is 6.17 Å². The van der Waals surface area contributed by atoms with Crippen molar-refractivity contribution in [3.05, 3.63) is 12.2 Å². The first-order valence-electron chi connectivity index (χ1n) is 5.50. The molecule has 2 atom stereocenters. The van der Waals surface area contributed by atoms with E-state index in [2.05, 4.69) is 29.7 Å². The Balaban J connectivity index is 1.79. The molecule has 0 saturated heterocycles. The first-order valence-corrected chi connectivity index (χ1v) is 5.50. The van der Waals surface area contributed by atoms with E-state index in [-0.39, 0.29) is 0 Å². The summed E-state index contributed by atoms with van der Waals surface area (Å²) in [5.74, 6) is 0.745. The van der Waals surface area contributed by atoms with Gasteiger partial charge in [-0.2, -0.15) is 0 Å². The Hall–Kier alpha value is -0.340. The molecular formula is C11H20N2. The highest BCUT2D eigenvalue weighted by Crippen LogP contribution is 2.20. The van der Waals surface area contributed by atoms with Crippen molar-refractivity contribution in [3.8, 4) is 0 Å². The van der Waals surface area contributed by atoms with Crippen LogP contribution < -0.4 is 10.6 Å². The molecule has 74 valence electrons. The maximum Gasteiger partial charge on any atom is 0.0609 e. The maximum atomic E-state index is 3.61. The second kappa shape index (κ2) is 4.25. The summed E-state index contributed by atoms with van der Waals surface area (Å²) in [6.45, 7) is 3.43. The van der Waals surface area contributed by atoms with E-state index in [0.29, 0.717) is 6.17 Å². The molecule has 2 heteroatoms. The number of allylic oxidation sites excluding steroid dienone is 1. The van der Waals surface area contributed by atoms with Crippen LogP contribution in [0, 0.1) is 5.92 Å². The van der Waals surface area contributed by atoms with Crippen molar-refractivity contribution < 1.29 is 0 Å². The van der Waals surface area contributed by atoms with E-state index >= 15 is 0 Å². The average Bonchev–Trinajstić information content (AvgIpc) is 2.84. The predicted octanol–water partition coefficient (Wildman–Crippen LogP) is 1.64. The van der Waals surface area contributed by atoms with E-state index in [1.807, 2.05) is 0 Å². The fourth-order valence-electron chi connectivity index (χ4n) is 1.77. The summed E-state index contributed by atoms with van der Waals surface area (Å²) in [5, 5.41) is 7.17. The Kier molecular flexibility index (Phi) is 3.01. The summed E-state index contributed by atoms with van der Waals surface area (Å²) in [4.78, 5) is 0. The van der Waals surface area contributed by atoms with Crippen molar-refractivity contribution in [1.82, 2.24) is 10.6 Å². The monoisotopic (exact) mass is 180 g/mol. The Morgan fingerprint density at radius 2 is 2.15 bits per heavy atom. The van der Waals surface area contributed by atoms with E-state index in [0.717, 1.165) is 24.9 Å². The van der Waals surface area contributed by atoms with Crippen molar-refractivity contribution in [2.75, 3.05) is 6.54 Å². The van der Waals surface area contributed by atoms with Crippen LogP contribution >= 0.6 is 0 Å². The lowest BCUT2D eigenvalue weighted by Crippen LogP contribution is -2.44. The standard InChI is InChI=1S/C11H20N2/c1-9-3-2-4-11(12-8-7-9)13-10-5-6-10/h2-3,9-13H,4-8H2,1H3/b3-2-. The van der Waals surface area contributed by atoms with E-state index in [4.69, 9.17) is 0 Å². The van der Waals surface area contributed by atoms with Crippen LogP contribution in [0.4, 0.5) is 0 Å². The molecule has 2 N–H and O–H groups in total. The average molecular weight is 180 g/mol. The molecule has 1 aliphatic carbocycles. The van der Waals surface area contributed by atoms with Crippen molar-refractivity contribution in [1.29, 1.82) is 0 Å². The Morgan fingerprint density at radius 1 is 1.31 bits per heavy atom. The van der Waals surface area contributed by atoms with Crippen molar-refractivity contribution in [2.45, 2.75) is 44.8 Å². The SMILES string of the molecule is CC1/C=C\CC(NC2CC2)NCC1. The molecule has 1 fully saturated rings. The smallest absolute Gasteiger partial charge is 0.0609 e. The van der Waals surface area contributed by atoms with Gasteiger partial charge < -0.3 is 5.32 Å². The molecule has 2 unspecified atom stereocenters. The second-order valence-electron chi connectivity index (χ2n) is 4.38. The second-order valence-corrected chi connectivity index (χ2v) is 4.38. The number of hydrogen-bond acceptors (Lipinski definition) is 2. The molecule has 1 aliphatic heterocycles. The van der Waals surface area contributed by atoms with Crippen LogP contribution in [0.25, 0.3) is 0 Å². The molecule has 1 heterocycles. The molecule has 2 nitrogen and oxygen atoms in total. The van der Waals surface area contributed by atoms with Gasteiger partial charge in [-0.15, -0.1) is 0 Å². The summed E-state index contributed by atoms with van der Waals surface area (Å²) >= 11 is 0. The molecule has 0 aromatic heterocycles. The molecule has 0 spiro atoms. The lowest BCUT2D eigenvalue weighted by atomic mass is 10.0. The molecule has 2 rings (SSSR count). The molecule has 13 heavy (non-hydrogen) atoms. The van der Waals surface area contributed by atoms with Gasteiger partial charge in [-0.05, 0) is 38.1 Å². The van der Waals surface area contributed by atoms with Crippen LogP contribution in [0.1, 0.15) is 32.6 Å². The van der Waals surface area contributed by atoms with Crippen LogP contribution in [0.5, 0.6) is 0 Å². The number of nitrogens with one attached hydrogen (secondary N) is 2. The van der Waals surface area contributed by atoms with E-state index < -0.39 is 0 Å². The highest BCUT2D eigenvalue weighted by Gasteiger charge is 2.23. The van der Waals surface area contributed by atoms with Gasteiger partial charge in [0.25, 0.3) is 0 Å². The van der Waals surface area contributed by atoms with Crippen molar-refractivity contribution >= 4 is 0 Å². The van der Waals surface area contributed by atoms with Gasteiger partial charge in [-0.25, -0.2) is 0 Å². The molecular weight excluding hydrogens is 160 g/mol. The summed E-state index contributed by atoms with van der Waals surface area (Å²) in [5.41, 5.74) is 0. The van der Waals surface area contributed by atoms with Gasteiger partial charge >= 0.3 is 0 Å². The van der Waals surface area contributed by atoms with Gasteiger partial charge in [-0.1, -0.05) is 19.1 Å². The molecule has 0 aromatic rings. The third-order valence-corrected chi connectivity index (χ3v) is 2.84. The minimum Gasteiger partial charge on any atom is -0.302 e. The summed E-state index contributed by atoms with van der Waals surface area (Å²) in [6.07, 6.45) is 10.3. The quantitative estimate of drug-likeness (QED) is 0.631. The zero-order valence-electron chi connectivity index (χ0n) is 8.42. The lowest BCUT2D eigenvalue weighted by molar-refractivity contribution is 0.402. The van der Waals surface area contributed by atoms with Gasteiger partial charge in [0.15, 0.2) is 0 Å². The van der Waals surface area contributed by atoms with Crippen molar-refractivity contribution in [2.24, 2.45) is 5.92 Å². The van der Waals surface area contributed by atoms with E-state index in [9.17, 15) is 0 Å². The minimum atomic E-state index is 0.524. The molecule has 0 aromatic carbocycles. The zero-order chi connectivity index (χ0) is 9.10. The maximum absolute atomic E-state index is 3.61. The van der Waals surface area contributed by atoms with E-state index in [1.54, 1.807) is 0 Å². The lowest BCUT2D eigenvalue weighted by Gasteiger charge is -2.21. The fourth-order valence-corrected chi connectivity index (χ4v) is 1.77. The predicted molar refractivity (Wildman–Crippen MR) is 55.5 cm³/mol. The van der Waals surface area contributed by atoms with Gasteiger partial charge in [0.2, 0.25) is 0 Å².